The molecule has 0 atom stereocenters. The minimum absolute atomic E-state index is 0.277. The minimum atomic E-state index is -0.369. The topological polar surface area (TPSA) is 96.3 Å². The number of nitrogens with zero attached hydrogens (tertiary/aromatic N) is 1. The van der Waals surface area contributed by atoms with Crippen molar-refractivity contribution in [2.24, 2.45) is 0 Å². The number of carbonyl (C=O) groups is 2. The number of pyridine rings is 1. The van der Waals surface area contributed by atoms with Gasteiger partial charge in [0, 0.05) is 23.3 Å². The molecule has 0 aliphatic rings. The highest BCUT2D eigenvalue weighted by molar-refractivity contribution is 7.98. The number of hydrogen-bond acceptors (Lipinski definition) is 5. The zero-order valence-electron chi connectivity index (χ0n) is 18.0. The molecule has 4 aromatic rings. The number of hydrogen-bond donors (Lipinski definition) is 3. The van der Waals surface area contributed by atoms with Crippen LogP contribution in [0, 0.1) is 5.82 Å². The first-order valence-corrected chi connectivity index (χ1v) is 11.4. The summed E-state index contributed by atoms with van der Waals surface area (Å²) in [4.78, 5) is 29.2. The monoisotopic (exact) mass is 476 g/mol. The Balaban J connectivity index is 1.32. The first-order chi connectivity index (χ1) is 16.6. The number of rotatable bonds is 8. The lowest BCUT2D eigenvalue weighted by Gasteiger charge is -2.10. The smallest absolute Gasteiger partial charge is 0.319 e. The number of aromatic nitrogens is 1. The predicted molar refractivity (Wildman–Crippen MR) is 129 cm³/mol. The van der Waals surface area contributed by atoms with Gasteiger partial charge >= 0.3 is 6.03 Å². The van der Waals surface area contributed by atoms with Gasteiger partial charge in [-0.1, -0.05) is 12.1 Å². The third-order valence-electron chi connectivity index (χ3n) is 4.71. The van der Waals surface area contributed by atoms with Crippen molar-refractivity contribution >= 4 is 35.1 Å². The second-order valence-corrected chi connectivity index (χ2v) is 8.15. The van der Waals surface area contributed by atoms with E-state index < -0.39 is 0 Å². The van der Waals surface area contributed by atoms with Crippen molar-refractivity contribution in [2.75, 3.05) is 10.6 Å². The number of nitrogens with one attached hydrogen (secondary N) is 3. The third-order valence-corrected chi connectivity index (χ3v) is 5.78. The molecule has 2 aromatic heterocycles. The van der Waals surface area contributed by atoms with Crippen LogP contribution in [0.4, 0.5) is 20.6 Å². The fourth-order valence-corrected chi connectivity index (χ4v) is 3.95. The zero-order valence-corrected chi connectivity index (χ0v) is 18.8. The van der Waals surface area contributed by atoms with E-state index in [1.165, 1.54) is 23.9 Å². The quantitative estimate of drug-likeness (QED) is 0.284. The number of amides is 3. The van der Waals surface area contributed by atoms with Crippen LogP contribution in [0.25, 0.3) is 0 Å². The van der Waals surface area contributed by atoms with Crippen molar-refractivity contribution in [1.82, 2.24) is 10.3 Å². The van der Waals surface area contributed by atoms with Crippen LogP contribution in [-0.4, -0.2) is 16.9 Å². The molecule has 0 spiro atoms. The van der Waals surface area contributed by atoms with Crippen LogP contribution in [0.2, 0.25) is 0 Å². The van der Waals surface area contributed by atoms with E-state index >= 15 is 0 Å². The Kier molecular flexibility index (Phi) is 7.56. The van der Waals surface area contributed by atoms with E-state index in [1.807, 2.05) is 0 Å². The van der Waals surface area contributed by atoms with E-state index in [9.17, 15) is 14.0 Å². The first-order valence-electron chi connectivity index (χ1n) is 10.4. The lowest BCUT2D eigenvalue weighted by Crippen LogP contribution is -2.27. The van der Waals surface area contributed by atoms with E-state index in [2.05, 4.69) is 20.9 Å². The maximum atomic E-state index is 13.1. The summed E-state index contributed by atoms with van der Waals surface area (Å²) in [5.41, 5.74) is 2.52. The van der Waals surface area contributed by atoms with Crippen LogP contribution in [-0.2, 0) is 12.3 Å². The molecule has 0 aliphatic heterocycles. The Morgan fingerprint density at radius 2 is 1.65 bits per heavy atom. The van der Waals surface area contributed by atoms with Crippen molar-refractivity contribution in [3.8, 4) is 0 Å². The van der Waals surface area contributed by atoms with Crippen molar-refractivity contribution < 1.29 is 18.4 Å². The molecule has 0 radical (unpaired) electrons. The van der Waals surface area contributed by atoms with Crippen molar-refractivity contribution in [3.05, 3.63) is 108 Å². The Labute approximate surface area is 199 Å². The molecule has 0 fully saturated rings. The Bertz CT molecular complexity index is 1250. The summed E-state index contributed by atoms with van der Waals surface area (Å²) in [5.74, 6) is 0.618. The Hall–Kier alpha value is -4.11. The molecular weight excluding hydrogens is 455 g/mol. The molecule has 3 N–H and O–H groups in total. The lowest BCUT2D eigenvalue weighted by molar-refractivity contribution is 0.102. The number of anilines is 2. The van der Waals surface area contributed by atoms with Gasteiger partial charge in [-0.25, -0.2) is 14.2 Å². The molecule has 0 saturated carbocycles. The number of furan rings is 1. The third kappa shape index (κ3) is 6.46. The van der Waals surface area contributed by atoms with E-state index in [1.54, 1.807) is 73.1 Å². The SMILES string of the molecule is O=C(NCc1ccco1)Nc1ccc(NC(=O)c2cccnc2SCc2ccc(F)cc2)cc1. The number of carbonyl (C=O) groups excluding carboxylic acids is 2. The zero-order chi connectivity index (χ0) is 23.8. The molecule has 34 heavy (non-hydrogen) atoms. The molecule has 0 aliphatic carbocycles. The average molecular weight is 477 g/mol. The van der Waals surface area contributed by atoms with Gasteiger partial charge in [-0.15, -0.1) is 11.8 Å². The van der Waals surface area contributed by atoms with Crippen LogP contribution >= 0.6 is 11.8 Å². The lowest BCUT2D eigenvalue weighted by atomic mass is 10.2. The van der Waals surface area contributed by atoms with Gasteiger partial charge in [-0.05, 0) is 66.2 Å². The molecule has 4 rings (SSSR count). The summed E-state index contributed by atoms with van der Waals surface area (Å²) >= 11 is 1.40. The van der Waals surface area contributed by atoms with Gasteiger partial charge in [0.2, 0.25) is 0 Å². The van der Waals surface area contributed by atoms with Crippen molar-refractivity contribution in [1.29, 1.82) is 0 Å². The maximum absolute atomic E-state index is 13.1. The second kappa shape index (κ2) is 11.2. The number of thioether (sulfide) groups is 1. The molecule has 7 nitrogen and oxygen atoms in total. The van der Waals surface area contributed by atoms with Crippen LogP contribution in [0.1, 0.15) is 21.7 Å². The molecule has 9 heteroatoms. The molecule has 0 saturated heterocycles. The first kappa shape index (κ1) is 23.1. The van der Waals surface area contributed by atoms with Gasteiger partial charge in [-0.3, -0.25) is 4.79 Å². The fraction of sp³-hybridized carbons (Fsp3) is 0.0800. The summed E-state index contributed by atoms with van der Waals surface area (Å²) in [5, 5.41) is 8.84. The molecule has 0 bridgehead atoms. The molecule has 0 unspecified atom stereocenters. The second-order valence-electron chi connectivity index (χ2n) is 7.19. The van der Waals surface area contributed by atoms with E-state index in [4.69, 9.17) is 4.42 Å². The normalized spacial score (nSPS) is 10.5. The van der Waals surface area contributed by atoms with Crippen molar-refractivity contribution in [3.63, 3.8) is 0 Å². The van der Waals surface area contributed by atoms with Gasteiger partial charge in [0.25, 0.3) is 5.91 Å². The highest BCUT2D eigenvalue weighted by atomic mass is 32.2. The van der Waals surface area contributed by atoms with Crippen LogP contribution in [0.5, 0.6) is 0 Å². The average Bonchev–Trinajstić information content (AvgIpc) is 3.38. The summed E-state index contributed by atoms with van der Waals surface area (Å²) < 4.78 is 18.3. The standard InChI is InChI=1S/C25H21FN4O3S/c26-18-7-5-17(6-8-18)16-34-24-22(4-1-13-27-24)23(31)29-19-9-11-20(12-10-19)30-25(32)28-15-21-3-2-14-33-21/h1-14H,15-16H2,(H,29,31)(H2,28,30,32). The summed E-state index contributed by atoms with van der Waals surface area (Å²) in [6.07, 6.45) is 3.17. The maximum Gasteiger partial charge on any atom is 0.319 e. The van der Waals surface area contributed by atoms with Gasteiger partial charge < -0.3 is 20.4 Å². The van der Waals surface area contributed by atoms with E-state index in [0.717, 1.165) is 5.56 Å². The highest BCUT2D eigenvalue weighted by Gasteiger charge is 2.13. The molecule has 2 aromatic carbocycles. The summed E-state index contributed by atoms with van der Waals surface area (Å²) in [6.45, 7) is 0.277. The van der Waals surface area contributed by atoms with E-state index in [0.29, 0.717) is 33.5 Å². The summed E-state index contributed by atoms with van der Waals surface area (Å²) in [6, 6.07) is 19.6. The molecule has 172 valence electrons. The van der Waals surface area contributed by atoms with Crippen LogP contribution < -0.4 is 16.0 Å². The van der Waals surface area contributed by atoms with Crippen LogP contribution in [0.15, 0.2) is 94.7 Å². The Morgan fingerprint density at radius 3 is 2.35 bits per heavy atom. The molecular formula is C25H21FN4O3S. The van der Waals surface area contributed by atoms with Gasteiger partial charge in [0.05, 0.1) is 18.4 Å². The minimum Gasteiger partial charge on any atom is -0.467 e. The van der Waals surface area contributed by atoms with Crippen LogP contribution in [0.3, 0.4) is 0 Å². The summed E-state index contributed by atoms with van der Waals surface area (Å²) in [7, 11) is 0. The number of halogens is 1. The predicted octanol–water partition coefficient (Wildman–Crippen LogP) is 5.68. The number of urea groups is 1. The van der Waals surface area contributed by atoms with Crippen molar-refractivity contribution in [2.45, 2.75) is 17.3 Å². The molecule has 2 heterocycles. The van der Waals surface area contributed by atoms with Gasteiger partial charge in [0.15, 0.2) is 0 Å². The highest BCUT2D eigenvalue weighted by Crippen LogP contribution is 2.25. The van der Waals surface area contributed by atoms with E-state index in [-0.39, 0.29) is 24.3 Å². The van der Waals surface area contributed by atoms with Gasteiger partial charge in [0.1, 0.15) is 16.6 Å². The largest absolute Gasteiger partial charge is 0.467 e. The Morgan fingerprint density at radius 1 is 0.912 bits per heavy atom. The number of benzene rings is 2. The molecule has 3 amide bonds. The fourth-order valence-electron chi connectivity index (χ4n) is 3.00. The van der Waals surface area contributed by atoms with Gasteiger partial charge in [-0.2, -0.15) is 0 Å².